The Morgan fingerprint density at radius 1 is 1.45 bits per heavy atom. The Morgan fingerprint density at radius 2 is 2.15 bits per heavy atom. The van der Waals surface area contributed by atoms with Gasteiger partial charge in [0, 0.05) is 16.0 Å². The zero-order valence-corrected chi connectivity index (χ0v) is 12.4. The predicted octanol–water partition coefficient (Wildman–Crippen LogP) is 3.08. The molecule has 0 bridgehead atoms. The molecule has 0 radical (unpaired) electrons. The highest BCUT2D eigenvalue weighted by molar-refractivity contribution is 6.35. The third kappa shape index (κ3) is 3.25. The highest BCUT2D eigenvalue weighted by Gasteiger charge is 2.45. The molecule has 2 rings (SSSR count). The maximum Gasteiger partial charge on any atom is 0.326 e. The molecular weight excluding hydrogens is 301 g/mol. The van der Waals surface area contributed by atoms with Crippen LogP contribution in [0.15, 0.2) is 18.2 Å². The van der Waals surface area contributed by atoms with E-state index in [2.05, 4.69) is 5.32 Å². The summed E-state index contributed by atoms with van der Waals surface area (Å²) in [6.07, 6.45) is 1.05. The van der Waals surface area contributed by atoms with Gasteiger partial charge in [-0.1, -0.05) is 36.2 Å². The van der Waals surface area contributed by atoms with Crippen LogP contribution in [0.4, 0.5) is 0 Å². The van der Waals surface area contributed by atoms with Gasteiger partial charge < -0.3 is 10.4 Å². The molecule has 108 valence electrons. The summed E-state index contributed by atoms with van der Waals surface area (Å²) in [5, 5.41) is 12.6. The molecule has 3 unspecified atom stereocenters. The molecule has 1 amide bonds. The van der Waals surface area contributed by atoms with Crippen LogP contribution in [0.3, 0.4) is 0 Å². The highest BCUT2D eigenvalue weighted by Crippen LogP contribution is 2.50. The number of carbonyl (C=O) groups is 2. The van der Waals surface area contributed by atoms with Gasteiger partial charge in [0.1, 0.15) is 6.04 Å². The smallest absolute Gasteiger partial charge is 0.326 e. The van der Waals surface area contributed by atoms with Gasteiger partial charge >= 0.3 is 5.97 Å². The first-order valence-corrected chi connectivity index (χ1v) is 7.17. The highest BCUT2D eigenvalue weighted by atomic mass is 35.5. The van der Waals surface area contributed by atoms with Crippen LogP contribution in [0, 0.1) is 5.92 Å². The molecule has 0 spiro atoms. The predicted molar refractivity (Wildman–Crippen MR) is 77.2 cm³/mol. The fourth-order valence-electron chi connectivity index (χ4n) is 2.25. The van der Waals surface area contributed by atoms with Gasteiger partial charge in [-0.2, -0.15) is 0 Å². The SMILES string of the molecule is CCC(NC(=O)C1CC1c1ccc(Cl)cc1Cl)C(=O)O. The van der Waals surface area contributed by atoms with E-state index in [-0.39, 0.29) is 17.7 Å². The summed E-state index contributed by atoms with van der Waals surface area (Å²) in [5.74, 6) is -1.40. The molecule has 0 aromatic heterocycles. The summed E-state index contributed by atoms with van der Waals surface area (Å²) >= 11 is 11.9. The van der Waals surface area contributed by atoms with Crippen LogP contribution in [-0.2, 0) is 9.59 Å². The summed E-state index contributed by atoms with van der Waals surface area (Å²) in [7, 11) is 0. The second-order valence-corrected chi connectivity index (χ2v) is 5.77. The van der Waals surface area contributed by atoms with Crippen molar-refractivity contribution in [1.29, 1.82) is 0 Å². The number of hydrogen-bond donors (Lipinski definition) is 2. The molecule has 4 nitrogen and oxygen atoms in total. The molecule has 1 aromatic carbocycles. The Balaban J connectivity index is 2.00. The first-order valence-electron chi connectivity index (χ1n) is 6.42. The van der Waals surface area contributed by atoms with Gasteiger partial charge in [-0.15, -0.1) is 0 Å². The van der Waals surface area contributed by atoms with Gasteiger partial charge in [0.05, 0.1) is 0 Å². The Bertz CT molecular complexity index is 547. The molecule has 6 heteroatoms. The second kappa shape index (κ2) is 6.02. The molecule has 1 aliphatic carbocycles. The average molecular weight is 316 g/mol. The summed E-state index contributed by atoms with van der Waals surface area (Å²) in [4.78, 5) is 22.9. The minimum Gasteiger partial charge on any atom is -0.480 e. The van der Waals surface area contributed by atoms with E-state index >= 15 is 0 Å². The van der Waals surface area contributed by atoms with Crippen LogP contribution < -0.4 is 5.32 Å². The molecule has 3 atom stereocenters. The number of benzene rings is 1. The molecule has 2 N–H and O–H groups in total. The summed E-state index contributed by atoms with van der Waals surface area (Å²) in [5.41, 5.74) is 0.889. The van der Waals surface area contributed by atoms with Crippen molar-refractivity contribution in [3.05, 3.63) is 33.8 Å². The van der Waals surface area contributed by atoms with E-state index in [1.807, 2.05) is 6.07 Å². The summed E-state index contributed by atoms with van der Waals surface area (Å²) in [6.45, 7) is 1.72. The normalized spacial score (nSPS) is 22.1. The standard InChI is InChI=1S/C14H15Cl2NO3/c1-2-12(14(19)20)17-13(18)10-6-9(10)8-4-3-7(15)5-11(8)16/h3-5,9-10,12H,2,6H2,1H3,(H,17,18)(H,19,20). The first kappa shape index (κ1) is 15.1. The number of amides is 1. The van der Waals surface area contributed by atoms with E-state index < -0.39 is 12.0 Å². The molecule has 1 aliphatic rings. The van der Waals surface area contributed by atoms with Crippen LogP contribution in [0.5, 0.6) is 0 Å². The van der Waals surface area contributed by atoms with Crippen molar-refractivity contribution in [2.75, 3.05) is 0 Å². The Kier molecular flexibility index (Phi) is 4.55. The third-order valence-corrected chi connectivity index (χ3v) is 4.07. The molecule has 1 fully saturated rings. The molecular formula is C14H15Cl2NO3. The van der Waals surface area contributed by atoms with Crippen molar-refractivity contribution >= 4 is 35.1 Å². The zero-order valence-electron chi connectivity index (χ0n) is 10.9. The van der Waals surface area contributed by atoms with Gasteiger partial charge in [0.15, 0.2) is 0 Å². The van der Waals surface area contributed by atoms with Crippen LogP contribution >= 0.6 is 23.2 Å². The second-order valence-electron chi connectivity index (χ2n) is 4.92. The molecule has 0 saturated heterocycles. The lowest BCUT2D eigenvalue weighted by molar-refractivity contribution is -0.142. The van der Waals surface area contributed by atoms with Gasteiger partial charge in [0.25, 0.3) is 0 Å². The number of carboxylic acid groups (broad SMARTS) is 1. The molecule has 0 heterocycles. The van der Waals surface area contributed by atoms with Crippen molar-refractivity contribution in [2.45, 2.75) is 31.7 Å². The van der Waals surface area contributed by atoms with Crippen LogP contribution in [0.25, 0.3) is 0 Å². The number of carboxylic acids is 1. The van der Waals surface area contributed by atoms with Crippen molar-refractivity contribution in [3.8, 4) is 0 Å². The van der Waals surface area contributed by atoms with Gasteiger partial charge in [-0.3, -0.25) is 4.79 Å². The van der Waals surface area contributed by atoms with Crippen molar-refractivity contribution in [2.24, 2.45) is 5.92 Å². The number of aliphatic carboxylic acids is 1. The minimum absolute atomic E-state index is 0.0473. The van der Waals surface area contributed by atoms with Gasteiger partial charge in [-0.25, -0.2) is 4.79 Å². The van der Waals surface area contributed by atoms with Crippen molar-refractivity contribution in [1.82, 2.24) is 5.32 Å². The van der Waals surface area contributed by atoms with Crippen LogP contribution in [0.1, 0.15) is 31.2 Å². The van der Waals surface area contributed by atoms with Gasteiger partial charge in [0.2, 0.25) is 5.91 Å². The number of hydrogen-bond acceptors (Lipinski definition) is 2. The monoisotopic (exact) mass is 315 g/mol. The van der Waals surface area contributed by atoms with E-state index in [1.54, 1.807) is 19.1 Å². The molecule has 20 heavy (non-hydrogen) atoms. The third-order valence-electron chi connectivity index (χ3n) is 3.51. The maximum absolute atomic E-state index is 12.0. The lowest BCUT2D eigenvalue weighted by Gasteiger charge is -2.12. The van der Waals surface area contributed by atoms with E-state index in [9.17, 15) is 9.59 Å². The quantitative estimate of drug-likeness (QED) is 0.877. The number of carbonyl (C=O) groups excluding carboxylic acids is 1. The van der Waals surface area contributed by atoms with Crippen molar-refractivity contribution in [3.63, 3.8) is 0 Å². The molecule has 1 saturated carbocycles. The molecule has 0 aliphatic heterocycles. The number of nitrogens with one attached hydrogen (secondary N) is 1. The fourth-order valence-corrected chi connectivity index (χ4v) is 2.80. The zero-order chi connectivity index (χ0) is 14.9. The topological polar surface area (TPSA) is 66.4 Å². The lowest BCUT2D eigenvalue weighted by Crippen LogP contribution is -2.41. The van der Waals surface area contributed by atoms with E-state index in [4.69, 9.17) is 28.3 Å². The Morgan fingerprint density at radius 3 is 2.70 bits per heavy atom. The van der Waals surface area contributed by atoms with Crippen LogP contribution in [-0.4, -0.2) is 23.0 Å². The van der Waals surface area contributed by atoms with E-state index in [0.29, 0.717) is 22.9 Å². The maximum atomic E-state index is 12.0. The minimum atomic E-state index is -1.01. The molecule has 1 aromatic rings. The summed E-state index contributed by atoms with van der Waals surface area (Å²) < 4.78 is 0. The number of rotatable bonds is 5. The Hall–Kier alpha value is -1.26. The largest absolute Gasteiger partial charge is 0.480 e. The number of halogens is 2. The van der Waals surface area contributed by atoms with Crippen LogP contribution in [0.2, 0.25) is 10.0 Å². The average Bonchev–Trinajstić information content (AvgIpc) is 3.15. The lowest BCUT2D eigenvalue weighted by atomic mass is 10.1. The van der Waals surface area contributed by atoms with E-state index in [0.717, 1.165) is 5.56 Å². The Labute approximate surface area is 127 Å². The fraction of sp³-hybridized carbons (Fsp3) is 0.429. The van der Waals surface area contributed by atoms with Crippen molar-refractivity contribution < 1.29 is 14.7 Å². The first-order chi connectivity index (χ1) is 9.43. The summed E-state index contributed by atoms with van der Waals surface area (Å²) in [6, 6.07) is 4.38. The van der Waals surface area contributed by atoms with E-state index in [1.165, 1.54) is 0 Å². The van der Waals surface area contributed by atoms with Gasteiger partial charge in [-0.05, 0) is 36.5 Å².